The molecule has 1 N–H and O–H groups in total. The molecule has 1 aromatic carbocycles. The Morgan fingerprint density at radius 1 is 1.35 bits per heavy atom. The summed E-state index contributed by atoms with van der Waals surface area (Å²) < 4.78 is 5.90. The highest BCUT2D eigenvalue weighted by atomic mass is 127. The van der Waals surface area contributed by atoms with Crippen LogP contribution in [0.4, 0.5) is 0 Å². The number of hydrogen-bond donors (Lipinski definition) is 1. The maximum atomic E-state index is 5.90. The highest BCUT2D eigenvalue weighted by Crippen LogP contribution is 2.15. The molecule has 0 aliphatic heterocycles. The van der Waals surface area contributed by atoms with Gasteiger partial charge in [-0.25, -0.2) is 4.98 Å². The van der Waals surface area contributed by atoms with Crippen molar-refractivity contribution in [2.45, 2.75) is 32.9 Å². The van der Waals surface area contributed by atoms with Crippen LogP contribution < -0.4 is 5.32 Å². The topological polar surface area (TPSA) is 49.8 Å². The molecular weight excluding hydrogens is 459 g/mol. The maximum Gasteiger partial charge on any atom is 0.193 e. The van der Waals surface area contributed by atoms with Gasteiger partial charge in [-0.3, -0.25) is 4.99 Å². The molecule has 0 amide bonds. The monoisotopic (exact) mass is 488 g/mol. The Balaban J connectivity index is 0.00000338. The van der Waals surface area contributed by atoms with Crippen LogP contribution in [-0.2, 0) is 11.3 Å². The van der Waals surface area contributed by atoms with E-state index in [1.165, 1.54) is 5.56 Å². The van der Waals surface area contributed by atoms with Crippen molar-refractivity contribution in [3.63, 3.8) is 0 Å². The lowest BCUT2D eigenvalue weighted by Gasteiger charge is -2.21. The van der Waals surface area contributed by atoms with Gasteiger partial charge in [0.2, 0.25) is 0 Å². The summed E-state index contributed by atoms with van der Waals surface area (Å²) in [7, 11) is 3.83. The van der Waals surface area contributed by atoms with Crippen LogP contribution in [0.15, 0.2) is 40.7 Å². The molecular formula is C19H29IN4OS. The first kappa shape index (κ1) is 22.9. The van der Waals surface area contributed by atoms with Crippen LogP contribution >= 0.6 is 35.3 Å². The van der Waals surface area contributed by atoms with Gasteiger partial charge < -0.3 is 15.0 Å². The SMILES string of the molecule is CN=C(NCCCOC(C)c1ccccc1)N(C)Cc1csc(C)n1.I. The summed E-state index contributed by atoms with van der Waals surface area (Å²) >= 11 is 1.68. The van der Waals surface area contributed by atoms with E-state index in [1.54, 1.807) is 18.4 Å². The van der Waals surface area contributed by atoms with Crippen molar-refractivity contribution in [2.24, 2.45) is 4.99 Å². The van der Waals surface area contributed by atoms with E-state index < -0.39 is 0 Å². The average molecular weight is 488 g/mol. The van der Waals surface area contributed by atoms with E-state index in [9.17, 15) is 0 Å². The normalized spacial score (nSPS) is 12.4. The number of hydrogen-bond acceptors (Lipinski definition) is 4. The number of halogens is 1. The molecule has 1 heterocycles. The quantitative estimate of drug-likeness (QED) is 0.261. The second-order valence-corrected chi connectivity index (χ2v) is 7.03. The highest BCUT2D eigenvalue weighted by Gasteiger charge is 2.09. The van der Waals surface area contributed by atoms with Gasteiger partial charge in [0, 0.05) is 32.6 Å². The zero-order valence-electron chi connectivity index (χ0n) is 15.9. The molecule has 0 fully saturated rings. The summed E-state index contributed by atoms with van der Waals surface area (Å²) in [4.78, 5) is 10.9. The van der Waals surface area contributed by atoms with Crippen molar-refractivity contribution in [3.05, 3.63) is 52.0 Å². The molecule has 1 atom stereocenters. The molecule has 1 unspecified atom stereocenters. The lowest BCUT2D eigenvalue weighted by Crippen LogP contribution is -2.39. The molecule has 0 aliphatic rings. The van der Waals surface area contributed by atoms with Gasteiger partial charge in [0.05, 0.1) is 23.4 Å². The number of benzene rings is 1. The van der Waals surface area contributed by atoms with Gasteiger partial charge in [0.15, 0.2) is 5.96 Å². The zero-order valence-corrected chi connectivity index (χ0v) is 19.1. The minimum absolute atomic E-state index is 0. The number of aromatic nitrogens is 1. The van der Waals surface area contributed by atoms with Crippen molar-refractivity contribution >= 4 is 41.3 Å². The lowest BCUT2D eigenvalue weighted by molar-refractivity contribution is 0.0645. The van der Waals surface area contributed by atoms with Crippen LogP contribution in [-0.4, -0.2) is 43.1 Å². The van der Waals surface area contributed by atoms with Gasteiger partial charge in [-0.15, -0.1) is 35.3 Å². The average Bonchev–Trinajstić information content (AvgIpc) is 3.03. The fourth-order valence-electron chi connectivity index (χ4n) is 2.54. The van der Waals surface area contributed by atoms with Crippen molar-refractivity contribution in [1.82, 2.24) is 15.2 Å². The summed E-state index contributed by atoms with van der Waals surface area (Å²) in [5.41, 5.74) is 2.29. The summed E-state index contributed by atoms with van der Waals surface area (Å²) in [5.74, 6) is 0.877. The van der Waals surface area contributed by atoms with E-state index in [-0.39, 0.29) is 30.1 Å². The van der Waals surface area contributed by atoms with Crippen LogP contribution in [0.25, 0.3) is 0 Å². The van der Waals surface area contributed by atoms with Crippen molar-refractivity contribution < 1.29 is 4.74 Å². The molecule has 0 radical (unpaired) electrons. The van der Waals surface area contributed by atoms with Gasteiger partial charge in [-0.2, -0.15) is 0 Å². The Morgan fingerprint density at radius 2 is 2.08 bits per heavy atom. The first-order valence-electron chi connectivity index (χ1n) is 8.59. The van der Waals surface area contributed by atoms with E-state index in [1.807, 2.05) is 32.2 Å². The molecule has 0 saturated carbocycles. The Hall–Kier alpha value is -1.19. The van der Waals surface area contributed by atoms with Crippen molar-refractivity contribution in [3.8, 4) is 0 Å². The Kier molecular flexibility index (Phi) is 10.8. The molecule has 144 valence electrons. The van der Waals surface area contributed by atoms with E-state index in [0.29, 0.717) is 0 Å². The van der Waals surface area contributed by atoms with Crippen LogP contribution in [0.3, 0.4) is 0 Å². The fraction of sp³-hybridized carbons (Fsp3) is 0.474. The maximum absolute atomic E-state index is 5.90. The third-order valence-corrected chi connectivity index (χ3v) is 4.70. The first-order valence-corrected chi connectivity index (χ1v) is 9.47. The predicted octanol–water partition coefficient (Wildman–Crippen LogP) is 4.24. The van der Waals surface area contributed by atoms with Crippen molar-refractivity contribution in [2.75, 3.05) is 27.2 Å². The van der Waals surface area contributed by atoms with Crippen LogP contribution in [0.1, 0.15) is 35.7 Å². The van der Waals surface area contributed by atoms with E-state index >= 15 is 0 Å². The molecule has 7 heteroatoms. The van der Waals surface area contributed by atoms with E-state index in [2.05, 4.69) is 44.6 Å². The molecule has 26 heavy (non-hydrogen) atoms. The van der Waals surface area contributed by atoms with Crippen molar-refractivity contribution in [1.29, 1.82) is 0 Å². The van der Waals surface area contributed by atoms with Crippen LogP contribution in [0.5, 0.6) is 0 Å². The van der Waals surface area contributed by atoms with E-state index in [0.717, 1.165) is 42.8 Å². The predicted molar refractivity (Wildman–Crippen MR) is 121 cm³/mol. The summed E-state index contributed by atoms with van der Waals surface area (Å²) in [5, 5.41) is 6.57. The van der Waals surface area contributed by atoms with Crippen LogP contribution in [0.2, 0.25) is 0 Å². The number of rotatable bonds is 8. The fourth-order valence-corrected chi connectivity index (χ4v) is 3.14. The summed E-state index contributed by atoms with van der Waals surface area (Å²) in [6.45, 7) is 6.41. The number of thiazole rings is 1. The second kappa shape index (κ2) is 12.2. The van der Waals surface area contributed by atoms with Gasteiger partial charge in [-0.1, -0.05) is 30.3 Å². The Bertz CT molecular complexity index is 663. The smallest absolute Gasteiger partial charge is 0.193 e. The lowest BCUT2D eigenvalue weighted by atomic mass is 10.1. The number of nitrogens with zero attached hydrogens (tertiary/aromatic N) is 3. The zero-order chi connectivity index (χ0) is 18.1. The summed E-state index contributed by atoms with van der Waals surface area (Å²) in [6, 6.07) is 10.3. The minimum Gasteiger partial charge on any atom is -0.374 e. The Morgan fingerprint density at radius 3 is 2.69 bits per heavy atom. The summed E-state index contributed by atoms with van der Waals surface area (Å²) in [6.07, 6.45) is 1.05. The highest BCUT2D eigenvalue weighted by molar-refractivity contribution is 14.0. The number of nitrogens with one attached hydrogen (secondary N) is 1. The molecule has 0 aliphatic carbocycles. The Labute approximate surface area is 177 Å². The molecule has 2 aromatic rings. The largest absolute Gasteiger partial charge is 0.374 e. The number of ether oxygens (including phenoxy) is 1. The first-order chi connectivity index (χ1) is 12.1. The molecule has 0 spiro atoms. The molecule has 2 rings (SSSR count). The molecule has 1 aromatic heterocycles. The van der Waals surface area contributed by atoms with Gasteiger partial charge in [0.1, 0.15) is 0 Å². The molecule has 5 nitrogen and oxygen atoms in total. The standard InChI is InChI=1S/C19H28N4OS.HI/c1-15(17-9-6-5-7-10-17)24-12-8-11-21-19(20-3)23(4)13-18-14-25-16(2)22-18;/h5-7,9-10,14-15H,8,11-13H2,1-4H3,(H,20,21);1H. The number of aryl methyl sites for hydroxylation is 1. The number of guanidine groups is 1. The molecule has 0 saturated heterocycles. The third-order valence-electron chi connectivity index (χ3n) is 3.88. The van der Waals surface area contributed by atoms with Gasteiger partial charge in [0.25, 0.3) is 0 Å². The van der Waals surface area contributed by atoms with Crippen LogP contribution in [0, 0.1) is 6.92 Å². The minimum atomic E-state index is 0. The molecule has 0 bridgehead atoms. The third kappa shape index (κ3) is 7.59. The van der Waals surface area contributed by atoms with Gasteiger partial charge in [-0.05, 0) is 25.8 Å². The van der Waals surface area contributed by atoms with E-state index in [4.69, 9.17) is 4.74 Å². The van der Waals surface area contributed by atoms with Gasteiger partial charge >= 0.3 is 0 Å². The number of aliphatic imine (C=N–C) groups is 1. The second-order valence-electron chi connectivity index (χ2n) is 5.97.